The van der Waals surface area contributed by atoms with Crippen molar-refractivity contribution in [1.82, 2.24) is 0 Å². The van der Waals surface area contributed by atoms with Gasteiger partial charge in [0.25, 0.3) is 0 Å². The van der Waals surface area contributed by atoms with E-state index in [0.29, 0.717) is 11.8 Å². The van der Waals surface area contributed by atoms with Gasteiger partial charge in [0, 0.05) is 0 Å². The minimum absolute atomic E-state index is 0.331. The maximum absolute atomic E-state index is 5.99. The normalized spacial score (nSPS) is 25.4. The Hall–Kier alpha value is -0.700. The highest BCUT2D eigenvalue weighted by atomic mass is 79.9. The lowest BCUT2D eigenvalue weighted by atomic mass is 9.89. The van der Waals surface area contributed by atoms with Crippen LogP contribution in [0.3, 0.4) is 0 Å². The molecule has 1 aliphatic carbocycles. The summed E-state index contributed by atoms with van der Waals surface area (Å²) in [6.07, 6.45) is 5.13. The first kappa shape index (κ1) is 11.8. The van der Waals surface area contributed by atoms with E-state index in [0.717, 1.165) is 29.0 Å². The zero-order valence-electron chi connectivity index (χ0n) is 9.58. The average molecular weight is 284 g/mol. The van der Waals surface area contributed by atoms with Crippen LogP contribution in [0.2, 0.25) is 0 Å². The van der Waals surface area contributed by atoms with Crippen LogP contribution in [0.15, 0.2) is 22.7 Å². The summed E-state index contributed by atoms with van der Waals surface area (Å²) in [6.45, 7) is 2.31. The van der Waals surface area contributed by atoms with Gasteiger partial charge in [-0.15, -0.1) is 0 Å². The molecule has 0 aromatic heterocycles. The van der Waals surface area contributed by atoms with Crippen LogP contribution in [-0.2, 0) is 0 Å². The van der Waals surface area contributed by atoms with E-state index < -0.39 is 0 Å². The van der Waals surface area contributed by atoms with E-state index in [9.17, 15) is 0 Å². The van der Waals surface area contributed by atoms with Crippen molar-refractivity contribution in [3.63, 3.8) is 0 Å². The highest BCUT2D eigenvalue weighted by Gasteiger charge is 2.20. The van der Waals surface area contributed by atoms with Crippen LogP contribution in [0, 0.1) is 5.92 Å². The standard InChI is InChI=1S/C13H18BrNO/c1-9-5-7-10(8-6-9)16-13-11(14)3-2-4-12(13)15/h2-4,9-10H,5-8,15H2,1H3. The van der Waals surface area contributed by atoms with Crippen LogP contribution in [0.4, 0.5) is 5.69 Å². The predicted molar refractivity (Wildman–Crippen MR) is 70.6 cm³/mol. The summed E-state index contributed by atoms with van der Waals surface area (Å²) in [7, 11) is 0. The molecule has 2 nitrogen and oxygen atoms in total. The van der Waals surface area contributed by atoms with E-state index in [4.69, 9.17) is 10.5 Å². The molecule has 0 amide bonds. The summed E-state index contributed by atoms with van der Waals surface area (Å²) in [5, 5.41) is 0. The smallest absolute Gasteiger partial charge is 0.156 e. The van der Waals surface area contributed by atoms with Crippen molar-refractivity contribution in [3.8, 4) is 5.75 Å². The Bertz CT molecular complexity index is 339. The van der Waals surface area contributed by atoms with Crippen LogP contribution in [-0.4, -0.2) is 6.10 Å². The fourth-order valence-corrected chi connectivity index (χ4v) is 2.64. The molecular weight excluding hydrogens is 266 g/mol. The average Bonchev–Trinajstić information content (AvgIpc) is 2.26. The number of rotatable bonds is 2. The number of nitrogen functional groups attached to an aromatic ring is 1. The summed E-state index contributed by atoms with van der Waals surface area (Å²) in [5.41, 5.74) is 6.63. The second-order valence-electron chi connectivity index (χ2n) is 4.66. The highest BCUT2D eigenvalue weighted by Crippen LogP contribution is 2.34. The summed E-state index contributed by atoms with van der Waals surface area (Å²) in [6, 6.07) is 5.78. The fourth-order valence-electron chi connectivity index (χ4n) is 2.16. The monoisotopic (exact) mass is 283 g/mol. The van der Waals surface area contributed by atoms with Crippen molar-refractivity contribution in [2.75, 3.05) is 5.73 Å². The minimum atomic E-state index is 0.331. The molecule has 88 valence electrons. The number of para-hydroxylation sites is 1. The van der Waals surface area contributed by atoms with Gasteiger partial charge >= 0.3 is 0 Å². The zero-order valence-corrected chi connectivity index (χ0v) is 11.2. The Kier molecular flexibility index (Phi) is 3.74. The molecule has 1 aromatic carbocycles. The van der Waals surface area contributed by atoms with Gasteiger partial charge in [0.1, 0.15) is 0 Å². The molecule has 3 heteroatoms. The van der Waals surface area contributed by atoms with E-state index in [1.54, 1.807) is 0 Å². The Morgan fingerprint density at radius 3 is 2.56 bits per heavy atom. The van der Waals surface area contributed by atoms with Crippen molar-refractivity contribution in [2.45, 2.75) is 38.7 Å². The van der Waals surface area contributed by atoms with Crippen LogP contribution in [0.5, 0.6) is 5.75 Å². The lowest BCUT2D eigenvalue weighted by Crippen LogP contribution is -2.23. The molecule has 0 heterocycles. The SMILES string of the molecule is CC1CCC(Oc2c(N)cccc2Br)CC1. The fraction of sp³-hybridized carbons (Fsp3) is 0.538. The Labute approximate surface area is 105 Å². The van der Waals surface area contributed by atoms with Crippen molar-refractivity contribution in [2.24, 2.45) is 5.92 Å². The lowest BCUT2D eigenvalue weighted by Gasteiger charge is -2.27. The maximum Gasteiger partial charge on any atom is 0.156 e. The summed E-state index contributed by atoms with van der Waals surface area (Å²) >= 11 is 3.48. The molecule has 1 saturated carbocycles. The quantitative estimate of drug-likeness (QED) is 0.833. The molecule has 0 saturated heterocycles. The number of benzene rings is 1. The largest absolute Gasteiger partial charge is 0.487 e. The summed E-state index contributed by atoms with van der Waals surface area (Å²) < 4.78 is 6.94. The number of hydrogen-bond donors (Lipinski definition) is 1. The molecule has 1 fully saturated rings. The van der Waals surface area contributed by atoms with Gasteiger partial charge in [-0.2, -0.15) is 0 Å². The first-order valence-electron chi connectivity index (χ1n) is 5.87. The Balaban J connectivity index is 2.04. The van der Waals surface area contributed by atoms with E-state index >= 15 is 0 Å². The van der Waals surface area contributed by atoms with Gasteiger partial charge in [-0.3, -0.25) is 0 Å². The molecule has 2 rings (SSSR count). The second-order valence-corrected chi connectivity index (χ2v) is 5.51. The minimum Gasteiger partial charge on any atom is -0.487 e. The van der Waals surface area contributed by atoms with Crippen LogP contribution < -0.4 is 10.5 Å². The Morgan fingerprint density at radius 2 is 1.94 bits per heavy atom. The number of hydrogen-bond acceptors (Lipinski definition) is 2. The van der Waals surface area contributed by atoms with E-state index in [-0.39, 0.29) is 0 Å². The molecule has 1 aromatic rings. The van der Waals surface area contributed by atoms with Gasteiger partial charge in [0.2, 0.25) is 0 Å². The third-order valence-corrected chi connectivity index (χ3v) is 3.87. The molecule has 0 unspecified atom stereocenters. The maximum atomic E-state index is 5.99. The molecule has 2 N–H and O–H groups in total. The Morgan fingerprint density at radius 1 is 1.25 bits per heavy atom. The first-order chi connectivity index (χ1) is 7.66. The van der Waals surface area contributed by atoms with Crippen LogP contribution >= 0.6 is 15.9 Å². The summed E-state index contributed by atoms with van der Waals surface area (Å²) in [5.74, 6) is 1.65. The number of halogens is 1. The summed E-state index contributed by atoms with van der Waals surface area (Å²) in [4.78, 5) is 0. The lowest BCUT2D eigenvalue weighted by molar-refractivity contribution is 0.135. The van der Waals surface area contributed by atoms with Gasteiger partial charge in [-0.1, -0.05) is 13.0 Å². The van der Waals surface area contributed by atoms with Crippen molar-refractivity contribution < 1.29 is 4.74 Å². The van der Waals surface area contributed by atoms with Gasteiger partial charge in [0.15, 0.2) is 5.75 Å². The van der Waals surface area contributed by atoms with Gasteiger partial charge in [-0.25, -0.2) is 0 Å². The third-order valence-electron chi connectivity index (χ3n) is 3.24. The highest BCUT2D eigenvalue weighted by molar-refractivity contribution is 9.10. The second kappa shape index (κ2) is 5.09. The van der Waals surface area contributed by atoms with E-state index in [2.05, 4.69) is 22.9 Å². The first-order valence-corrected chi connectivity index (χ1v) is 6.66. The number of nitrogens with two attached hydrogens (primary N) is 1. The predicted octanol–water partition coefficient (Wildman–Crippen LogP) is 3.99. The molecule has 0 atom stereocenters. The van der Waals surface area contributed by atoms with E-state index in [1.165, 1.54) is 12.8 Å². The molecule has 0 bridgehead atoms. The third kappa shape index (κ3) is 2.70. The molecule has 0 aliphatic heterocycles. The van der Waals surface area contributed by atoms with Gasteiger partial charge in [-0.05, 0) is 59.7 Å². The molecule has 0 radical (unpaired) electrons. The van der Waals surface area contributed by atoms with Crippen LogP contribution in [0.25, 0.3) is 0 Å². The van der Waals surface area contributed by atoms with Crippen LogP contribution in [0.1, 0.15) is 32.6 Å². The molecule has 0 spiro atoms. The van der Waals surface area contributed by atoms with Crippen molar-refractivity contribution in [1.29, 1.82) is 0 Å². The molecule has 16 heavy (non-hydrogen) atoms. The van der Waals surface area contributed by atoms with Crippen molar-refractivity contribution >= 4 is 21.6 Å². The van der Waals surface area contributed by atoms with E-state index in [1.807, 2.05) is 18.2 Å². The van der Waals surface area contributed by atoms with Gasteiger partial charge < -0.3 is 10.5 Å². The molecular formula is C13H18BrNO. The van der Waals surface area contributed by atoms with Crippen molar-refractivity contribution in [3.05, 3.63) is 22.7 Å². The number of anilines is 1. The topological polar surface area (TPSA) is 35.2 Å². The molecule has 1 aliphatic rings. The number of ether oxygens (including phenoxy) is 1. The van der Waals surface area contributed by atoms with Gasteiger partial charge in [0.05, 0.1) is 16.3 Å². The zero-order chi connectivity index (χ0) is 11.5.